The average molecular weight is 353 g/mol. The third-order valence-corrected chi connectivity index (χ3v) is 5.73. The number of thiazole rings is 1. The Morgan fingerprint density at radius 3 is 2.79 bits per heavy atom. The molecule has 24 heavy (non-hydrogen) atoms. The fourth-order valence-electron chi connectivity index (χ4n) is 3.52. The minimum atomic E-state index is 0.364. The van der Waals surface area contributed by atoms with Crippen molar-refractivity contribution in [2.24, 2.45) is 10.4 Å². The maximum atomic E-state index is 5.61. The van der Waals surface area contributed by atoms with Crippen LogP contribution in [0, 0.1) is 12.3 Å². The molecule has 0 unspecified atom stereocenters. The second-order valence-electron chi connectivity index (χ2n) is 6.77. The van der Waals surface area contributed by atoms with Crippen molar-refractivity contribution in [2.75, 3.05) is 33.9 Å². The molecule has 1 aliphatic rings. The second kappa shape index (κ2) is 9.37. The van der Waals surface area contributed by atoms with Crippen LogP contribution in [0.3, 0.4) is 0 Å². The van der Waals surface area contributed by atoms with Crippen molar-refractivity contribution in [1.29, 1.82) is 0 Å². The van der Waals surface area contributed by atoms with E-state index in [2.05, 4.69) is 39.5 Å². The maximum Gasteiger partial charge on any atom is 0.193 e. The first kappa shape index (κ1) is 19.2. The van der Waals surface area contributed by atoms with Crippen LogP contribution in [0.4, 0.5) is 0 Å². The Morgan fingerprint density at radius 1 is 1.46 bits per heavy atom. The van der Waals surface area contributed by atoms with Gasteiger partial charge in [0.1, 0.15) is 0 Å². The van der Waals surface area contributed by atoms with E-state index in [1.54, 1.807) is 11.3 Å². The molecule has 1 heterocycles. The summed E-state index contributed by atoms with van der Waals surface area (Å²) in [6.07, 6.45) is 6.39. The van der Waals surface area contributed by atoms with Crippen LogP contribution < -0.4 is 5.32 Å². The summed E-state index contributed by atoms with van der Waals surface area (Å²) in [5.41, 5.74) is 1.47. The van der Waals surface area contributed by atoms with Crippen LogP contribution in [0.15, 0.2) is 10.4 Å². The molecule has 136 valence electrons. The monoisotopic (exact) mass is 352 g/mol. The number of aromatic nitrogens is 1. The highest BCUT2D eigenvalue weighted by atomic mass is 32.1. The fourth-order valence-corrected chi connectivity index (χ4v) is 4.13. The Kier molecular flexibility index (Phi) is 7.49. The molecule has 6 heteroatoms. The first-order valence-electron chi connectivity index (χ1n) is 8.99. The molecule has 0 bridgehead atoms. The highest BCUT2D eigenvalue weighted by Crippen LogP contribution is 2.40. The SMILES string of the molecule is CCOCCC1(CNC(=NC)N(C)Cc2csc(C)n2)CCCC1. The van der Waals surface area contributed by atoms with Gasteiger partial charge in [-0.3, -0.25) is 4.99 Å². The summed E-state index contributed by atoms with van der Waals surface area (Å²) < 4.78 is 5.61. The Labute approximate surface area is 150 Å². The number of aliphatic imine (C=N–C) groups is 1. The lowest BCUT2D eigenvalue weighted by Gasteiger charge is -2.31. The van der Waals surface area contributed by atoms with E-state index in [1.807, 2.05) is 14.0 Å². The van der Waals surface area contributed by atoms with Crippen LogP contribution in [0.1, 0.15) is 49.7 Å². The molecule has 1 fully saturated rings. The molecule has 0 atom stereocenters. The molecular formula is C18H32N4OS. The summed E-state index contributed by atoms with van der Waals surface area (Å²) in [6.45, 7) is 7.55. The Bertz CT molecular complexity index is 523. The molecule has 0 amide bonds. The average Bonchev–Trinajstić information content (AvgIpc) is 3.18. The van der Waals surface area contributed by atoms with Crippen molar-refractivity contribution in [3.63, 3.8) is 0 Å². The van der Waals surface area contributed by atoms with E-state index in [0.29, 0.717) is 5.41 Å². The number of nitrogens with one attached hydrogen (secondary N) is 1. The van der Waals surface area contributed by atoms with Crippen molar-refractivity contribution < 1.29 is 4.74 Å². The van der Waals surface area contributed by atoms with Gasteiger partial charge in [0.05, 0.1) is 17.2 Å². The molecule has 0 aromatic carbocycles. The summed E-state index contributed by atoms with van der Waals surface area (Å²) in [5, 5.41) is 6.84. The van der Waals surface area contributed by atoms with Gasteiger partial charge in [-0.25, -0.2) is 4.98 Å². The van der Waals surface area contributed by atoms with Crippen LogP contribution in [0.2, 0.25) is 0 Å². The van der Waals surface area contributed by atoms with Gasteiger partial charge in [0.25, 0.3) is 0 Å². The van der Waals surface area contributed by atoms with Gasteiger partial charge in [-0.15, -0.1) is 11.3 Å². The lowest BCUT2D eigenvalue weighted by molar-refractivity contribution is 0.104. The minimum Gasteiger partial charge on any atom is -0.382 e. The number of nitrogens with zero attached hydrogens (tertiary/aromatic N) is 3. The summed E-state index contributed by atoms with van der Waals surface area (Å²) in [7, 11) is 3.93. The number of hydrogen-bond acceptors (Lipinski definition) is 4. The van der Waals surface area contributed by atoms with Gasteiger partial charge in [0, 0.05) is 39.2 Å². The summed E-state index contributed by atoms with van der Waals surface area (Å²) in [6, 6.07) is 0. The van der Waals surface area contributed by atoms with Gasteiger partial charge >= 0.3 is 0 Å². The van der Waals surface area contributed by atoms with Crippen molar-refractivity contribution in [3.05, 3.63) is 16.1 Å². The second-order valence-corrected chi connectivity index (χ2v) is 7.83. The number of rotatable bonds is 8. The van der Waals surface area contributed by atoms with Crippen molar-refractivity contribution >= 4 is 17.3 Å². The number of ether oxygens (including phenoxy) is 1. The first-order valence-corrected chi connectivity index (χ1v) is 9.87. The highest BCUT2D eigenvalue weighted by molar-refractivity contribution is 7.09. The Morgan fingerprint density at radius 2 is 2.21 bits per heavy atom. The molecule has 0 saturated heterocycles. The fraction of sp³-hybridized carbons (Fsp3) is 0.778. The zero-order valence-electron chi connectivity index (χ0n) is 15.6. The van der Waals surface area contributed by atoms with Gasteiger partial charge in [0.15, 0.2) is 5.96 Å². The topological polar surface area (TPSA) is 49.8 Å². The van der Waals surface area contributed by atoms with Crippen molar-refractivity contribution in [2.45, 2.75) is 52.5 Å². The normalized spacial score (nSPS) is 17.2. The predicted molar refractivity (Wildman–Crippen MR) is 102 cm³/mol. The Balaban J connectivity index is 1.88. The molecule has 0 radical (unpaired) electrons. The maximum absolute atomic E-state index is 5.61. The molecule has 1 saturated carbocycles. The molecule has 1 aromatic heterocycles. The van der Waals surface area contributed by atoms with E-state index < -0.39 is 0 Å². The third kappa shape index (κ3) is 5.45. The van der Waals surface area contributed by atoms with Crippen LogP contribution in [-0.4, -0.2) is 49.7 Å². The zero-order valence-corrected chi connectivity index (χ0v) is 16.4. The van der Waals surface area contributed by atoms with E-state index in [9.17, 15) is 0 Å². The zero-order chi connectivity index (χ0) is 17.4. The molecule has 1 aromatic rings. The highest BCUT2D eigenvalue weighted by Gasteiger charge is 2.33. The van der Waals surface area contributed by atoms with Gasteiger partial charge in [0.2, 0.25) is 0 Å². The van der Waals surface area contributed by atoms with E-state index in [0.717, 1.165) is 49.4 Å². The smallest absolute Gasteiger partial charge is 0.193 e. The largest absolute Gasteiger partial charge is 0.382 e. The minimum absolute atomic E-state index is 0.364. The van der Waals surface area contributed by atoms with Gasteiger partial charge in [-0.1, -0.05) is 12.8 Å². The van der Waals surface area contributed by atoms with Crippen LogP contribution in [-0.2, 0) is 11.3 Å². The Hall–Kier alpha value is -1.14. The van der Waals surface area contributed by atoms with E-state index in [-0.39, 0.29) is 0 Å². The van der Waals surface area contributed by atoms with Gasteiger partial charge in [-0.05, 0) is 38.5 Å². The molecule has 1 aliphatic carbocycles. The molecule has 1 N–H and O–H groups in total. The lowest BCUT2D eigenvalue weighted by Crippen LogP contribution is -2.44. The summed E-state index contributed by atoms with van der Waals surface area (Å²) in [5.74, 6) is 0.948. The number of guanidine groups is 1. The quantitative estimate of drug-likeness (QED) is 0.442. The van der Waals surface area contributed by atoms with Crippen LogP contribution >= 0.6 is 11.3 Å². The molecule has 2 rings (SSSR count). The molecule has 0 aliphatic heterocycles. The standard InChI is InChI=1S/C18H32N4OS/c1-5-23-11-10-18(8-6-7-9-18)14-20-17(19-3)22(4)12-16-13-24-15(2)21-16/h13H,5-12,14H2,1-4H3,(H,19,20). The third-order valence-electron chi connectivity index (χ3n) is 4.91. The number of hydrogen-bond donors (Lipinski definition) is 1. The van der Waals surface area contributed by atoms with E-state index in [4.69, 9.17) is 4.74 Å². The lowest BCUT2D eigenvalue weighted by atomic mass is 9.83. The van der Waals surface area contributed by atoms with Crippen LogP contribution in [0.25, 0.3) is 0 Å². The van der Waals surface area contributed by atoms with Gasteiger partial charge < -0.3 is 15.0 Å². The van der Waals surface area contributed by atoms with Crippen molar-refractivity contribution in [3.8, 4) is 0 Å². The van der Waals surface area contributed by atoms with Gasteiger partial charge in [-0.2, -0.15) is 0 Å². The first-order chi connectivity index (χ1) is 11.6. The summed E-state index contributed by atoms with van der Waals surface area (Å²) in [4.78, 5) is 11.2. The van der Waals surface area contributed by atoms with Crippen LogP contribution in [0.5, 0.6) is 0 Å². The predicted octanol–water partition coefficient (Wildman–Crippen LogP) is 3.45. The van der Waals surface area contributed by atoms with E-state index >= 15 is 0 Å². The van der Waals surface area contributed by atoms with E-state index in [1.165, 1.54) is 25.7 Å². The summed E-state index contributed by atoms with van der Waals surface area (Å²) >= 11 is 1.70. The van der Waals surface area contributed by atoms with Crippen molar-refractivity contribution in [1.82, 2.24) is 15.2 Å². The molecule has 5 nitrogen and oxygen atoms in total. The number of aryl methyl sites for hydroxylation is 1. The molecule has 0 spiro atoms. The molecular weight excluding hydrogens is 320 g/mol.